The number of furan rings is 1. The van der Waals surface area contributed by atoms with Gasteiger partial charge >= 0.3 is 5.97 Å². The van der Waals surface area contributed by atoms with Gasteiger partial charge in [0.1, 0.15) is 23.1 Å². The molecular formula is C29H27NO6. The Balaban J connectivity index is 1.66. The molecule has 0 aliphatic heterocycles. The number of para-hydroxylation sites is 1. The van der Waals surface area contributed by atoms with Crippen LogP contribution in [-0.2, 0) is 16.0 Å². The maximum atomic E-state index is 12.8. The van der Waals surface area contributed by atoms with Crippen LogP contribution in [0.15, 0.2) is 83.5 Å². The van der Waals surface area contributed by atoms with Gasteiger partial charge in [-0.1, -0.05) is 48.5 Å². The lowest BCUT2D eigenvalue weighted by Crippen LogP contribution is -2.41. The first-order valence-electron chi connectivity index (χ1n) is 11.4. The van der Waals surface area contributed by atoms with Crippen molar-refractivity contribution in [2.75, 3.05) is 14.2 Å². The number of rotatable bonds is 9. The molecule has 184 valence electrons. The molecule has 0 aliphatic carbocycles. The number of carbonyl (C=O) groups is 2. The van der Waals surface area contributed by atoms with Crippen molar-refractivity contribution in [3.63, 3.8) is 0 Å². The van der Waals surface area contributed by atoms with E-state index in [1.807, 2.05) is 60.7 Å². The third kappa shape index (κ3) is 5.25. The van der Waals surface area contributed by atoms with Crippen LogP contribution in [0.5, 0.6) is 11.5 Å². The Bertz CT molecular complexity index is 1420. The highest BCUT2D eigenvalue weighted by atomic mass is 16.5. The molecule has 2 N–H and O–H groups in total. The molecule has 1 atom stereocenters. The molecule has 36 heavy (non-hydrogen) atoms. The van der Waals surface area contributed by atoms with Gasteiger partial charge in [-0.3, -0.25) is 4.79 Å². The summed E-state index contributed by atoms with van der Waals surface area (Å²) in [5.41, 5.74) is 4.47. The summed E-state index contributed by atoms with van der Waals surface area (Å²) in [6.07, 6.45) is 3.23. The van der Waals surface area contributed by atoms with E-state index in [0.717, 1.165) is 22.1 Å². The third-order valence-corrected chi connectivity index (χ3v) is 5.96. The molecule has 0 aliphatic rings. The van der Waals surface area contributed by atoms with Crippen LogP contribution in [0.1, 0.15) is 18.1 Å². The van der Waals surface area contributed by atoms with Gasteiger partial charge in [0.25, 0.3) is 0 Å². The third-order valence-electron chi connectivity index (χ3n) is 5.96. The van der Waals surface area contributed by atoms with Crippen molar-refractivity contribution in [3.05, 3.63) is 90.2 Å². The first-order chi connectivity index (χ1) is 17.4. The highest BCUT2D eigenvalue weighted by Crippen LogP contribution is 2.40. The fourth-order valence-corrected chi connectivity index (χ4v) is 4.15. The molecule has 1 heterocycles. The van der Waals surface area contributed by atoms with E-state index in [1.54, 1.807) is 33.5 Å². The van der Waals surface area contributed by atoms with Gasteiger partial charge in [0.2, 0.25) is 5.91 Å². The Hall–Kier alpha value is -4.52. The minimum atomic E-state index is -1.10. The molecule has 7 nitrogen and oxygen atoms in total. The molecule has 4 rings (SSSR count). The van der Waals surface area contributed by atoms with Crippen LogP contribution < -0.4 is 14.8 Å². The monoisotopic (exact) mass is 485 g/mol. The van der Waals surface area contributed by atoms with Crippen molar-refractivity contribution >= 4 is 28.4 Å². The molecule has 1 aromatic heterocycles. The zero-order valence-electron chi connectivity index (χ0n) is 20.3. The molecule has 0 spiro atoms. The number of carbonyl (C=O) groups excluding carboxylic acids is 1. The largest absolute Gasteiger partial charge is 0.496 e. The van der Waals surface area contributed by atoms with Gasteiger partial charge in [0.15, 0.2) is 0 Å². The normalized spacial score (nSPS) is 12.2. The maximum absolute atomic E-state index is 12.8. The number of carboxylic acids is 1. The zero-order valence-corrected chi connectivity index (χ0v) is 20.3. The van der Waals surface area contributed by atoms with Crippen molar-refractivity contribution in [3.8, 4) is 22.6 Å². The van der Waals surface area contributed by atoms with E-state index in [2.05, 4.69) is 5.32 Å². The van der Waals surface area contributed by atoms with E-state index in [-0.39, 0.29) is 6.42 Å². The molecule has 1 unspecified atom stereocenters. The molecule has 3 aromatic carbocycles. The number of amides is 1. The molecule has 0 fully saturated rings. The highest BCUT2D eigenvalue weighted by Gasteiger charge is 2.21. The molecule has 1 amide bonds. The van der Waals surface area contributed by atoms with Gasteiger partial charge in [-0.2, -0.15) is 0 Å². The molecule has 0 saturated carbocycles. The standard InChI is InChI=1S/C29H27NO6/c1-18(13-28(31)30-24(29(32)33)14-19-9-5-4-6-10-19)21-15-22-23(17-36-27(22)16-26(21)35-3)20-11-7-8-12-25(20)34-2/h4-13,15-17,24H,14H2,1-3H3,(H,30,31)(H,32,33)/b18-13+. The zero-order chi connectivity index (χ0) is 25.7. The van der Waals surface area contributed by atoms with Gasteiger partial charge in [0, 0.05) is 40.6 Å². The molecule has 0 radical (unpaired) electrons. The quantitative estimate of drug-likeness (QED) is 0.311. The van der Waals surface area contributed by atoms with Crippen molar-refractivity contribution in [2.24, 2.45) is 0 Å². The summed E-state index contributed by atoms with van der Waals surface area (Å²) in [4.78, 5) is 24.6. The number of carboxylic acid groups (broad SMARTS) is 1. The minimum absolute atomic E-state index is 0.182. The smallest absolute Gasteiger partial charge is 0.326 e. The van der Waals surface area contributed by atoms with Gasteiger partial charge in [-0.05, 0) is 30.2 Å². The molecule has 7 heteroatoms. The van der Waals surface area contributed by atoms with E-state index < -0.39 is 17.9 Å². The van der Waals surface area contributed by atoms with E-state index >= 15 is 0 Å². The van der Waals surface area contributed by atoms with Crippen molar-refractivity contribution < 1.29 is 28.6 Å². The first-order valence-corrected chi connectivity index (χ1v) is 11.4. The number of fused-ring (bicyclic) bond motifs is 1. The Morgan fingerprint density at radius 3 is 2.36 bits per heavy atom. The van der Waals surface area contributed by atoms with Gasteiger partial charge < -0.3 is 24.3 Å². The average molecular weight is 486 g/mol. The molecular weight excluding hydrogens is 458 g/mol. The van der Waals surface area contributed by atoms with Crippen LogP contribution in [0.25, 0.3) is 27.7 Å². The Morgan fingerprint density at radius 2 is 1.67 bits per heavy atom. The lowest BCUT2D eigenvalue weighted by atomic mass is 9.98. The SMILES string of the molecule is COc1cc2occ(-c3ccccc3OC)c2cc1/C(C)=C/C(=O)NC(Cc1ccccc1)C(=O)O. The number of methoxy groups -OCH3 is 2. The summed E-state index contributed by atoms with van der Waals surface area (Å²) in [5, 5.41) is 13.0. The topological polar surface area (TPSA) is 98.0 Å². The lowest BCUT2D eigenvalue weighted by Gasteiger charge is -2.14. The predicted molar refractivity (Wildman–Crippen MR) is 138 cm³/mol. The second kappa shape index (κ2) is 10.8. The number of allylic oxidation sites excluding steroid dienone is 1. The van der Waals surface area contributed by atoms with Crippen LogP contribution in [0.4, 0.5) is 0 Å². The van der Waals surface area contributed by atoms with Crippen LogP contribution in [0.3, 0.4) is 0 Å². The van der Waals surface area contributed by atoms with E-state index in [4.69, 9.17) is 13.9 Å². The van der Waals surface area contributed by atoms with Crippen molar-refractivity contribution in [1.82, 2.24) is 5.32 Å². The van der Waals surface area contributed by atoms with Crippen molar-refractivity contribution in [2.45, 2.75) is 19.4 Å². The van der Waals surface area contributed by atoms with Gasteiger partial charge in [-0.25, -0.2) is 4.79 Å². The van der Waals surface area contributed by atoms with Crippen LogP contribution >= 0.6 is 0 Å². The summed E-state index contributed by atoms with van der Waals surface area (Å²) in [6, 6.07) is 19.4. The van der Waals surface area contributed by atoms with Crippen LogP contribution in [0.2, 0.25) is 0 Å². The number of hydrogen-bond acceptors (Lipinski definition) is 5. The number of hydrogen-bond donors (Lipinski definition) is 2. The summed E-state index contributed by atoms with van der Waals surface area (Å²) in [5.74, 6) is -0.362. The number of benzene rings is 3. The summed E-state index contributed by atoms with van der Waals surface area (Å²) in [6.45, 7) is 1.78. The number of ether oxygens (including phenoxy) is 2. The number of aliphatic carboxylic acids is 1. The average Bonchev–Trinajstić information content (AvgIpc) is 3.30. The Kier molecular flexibility index (Phi) is 7.39. The summed E-state index contributed by atoms with van der Waals surface area (Å²) >= 11 is 0. The highest BCUT2D eigenvalue weighted by molar-refractivity contribution is 6.01. The van der Waals surface area contributed by atoms with E-state index in [9.17, 15) is 14.7 Å². The first kappa shape index (κ1) is 24.6. The molecule has 0 saturated heterocycles. The Morgan fingerprint density at radius 1 is 0.972 bits per heavy atom. The fourth-order valence-electron chi connectivity index (χ4n) is 4.15. The van der Waals surface area contributed by atoms with Crippen LogP contribution in [-0.4, -0.2) is 37.2 Å². The van der Waals surface area contributed by atoms with Crippen LogP contribution in [0, 0.1) is 0 Å². The fraction of sp³-hybridized carbons (Fsp3) is 0.172. The lowest BCUT2D eigenvalue weighted by molar-refractivity contribution is -0.141. The van der Waals surface area contributed by atoms with Gasteiger partial charge in [-0.15, -0.1) is 0 Å². The number of nitrogens with one attached hydrogen (secondary N) is 1. The molecule has 4 aromatic rings. The maximum Gasteiger partial charge on any atom is 0.326 e. The molecule has 0 bridgehead atoms. The summed E-state index contributed by atoms with van der Waals surface area (Å²) in [7, 11) is 3.16. The van der Waals surface area contributed by atoms with Crippen molar-refractivity contribution in [1.29, 1.82) is 0 Å². The Labute approximate surface area is 209 Å². The van der Waals surface area contributed by atoms with Gasteiger partial charge in [0.05, 0.1) is 20.5 Å². The predicted octanol–water partition coefficient (Wildman–Crippen LogP) is 5.33. The summed E-state index contributed by atoms with van der Waals surface area (Å²) < 4.78 is 16.9. The van der Waals surface area contributed by atoms with E-state index in [1.165, 1.54) is 6.08 Å². The van der Waals surface area contributed by atoms with E-state index in [0.29, 0.717) is 28.2 Å². The second-order valence-electron chi connectivity index (χ2n) is 8.31. The second-order valence-corrected chi connectivity index (χ2v) is 8.31. The minimum Gasteiger partial charge on any atom is -0.496 e.